The number of hydrogen-bond donors (Lipinski definition) is 2. The van der Waals surface area contributed by atoms with Gasteiger partial charge in [-0.2, -0.15) is 9.97 Å². The largest absolute Gasteiger partial charge is 0.462 e. The highest BCUT2D eigenvalue weighted by molar-refractivity contribution is 6.37. The summed E-state index contributed by atoms with van der Waals surface area (Å²) in [5, 5.41) is 5.09. The molecule has 3 heterocycles. The van der Waals surface area contributed by atoms with E-state index in [-0.39, 0.29) is 41.6 Å². The maximum atomic E-state index is 13.8. The first kappa shape index (κ1) is 31.6. The van der Waals surface area contributed by atoms with Crippen molar-refractivity contribution in [3.8, 4) is 6.01 Å². The van der Waals surface area contributed by atoms with Crippen LogP contribution in [0, 0.1) is 0 Å². The Morgan fingerprint density at radius 2 is 1.82 bits per heavy atom. The quantitative estimate of drug-likeness (QED) is 0.370. The van der Waals surface area contributed by atoms with E-state index in [9.17, 15) is 9.59 Å². The fourth-order valence-electron chi connectivity index (χ4n) is 5.83. The highest BCUT2D eigenvalue weighted by atomic mass is 35.5. The molecule has 0 aliphatic carbocycles. The average molecular weight is 624 g/mol. The molecule has 3 N–H and O–H groups in total. The number of carbonyl (C=O) groups excluding carboxylic acids is 2. The Hall–Kier alpha value is -3.83. The van der Waals surface area contributed by atoms with Crippen molar-refractivity contribution in [1.29, 1.82) is 0 Å². The molecule has 0 saturated carbocycles. The van der Waals surface area contributed by atoms with E-state index in [4.69, 9.17) is 31.8 Å². The van der Waals surface area contributed by atoms with Crippen LogP contribution in [-0.2, 0) is 4.74 Å². The molecule has 0 radical (unpaired) electrons. The van der Waals surface area contributed by atoms with Crippen LogP contribution in [-0.4, -0.2) is 88.8 Å². The molecule has 2 aromatic carbocycles. The Morgan fingerprint density at radius 1 is 1.09 bits per heavy atom. The molecule has 2 amide bonds. The first-order valence-corrected chi connectivity index (χ1v) is 15.5. The van der Waals surface area contributed by atoms with E-state index >= 15 is 0 Å². The first-order valence-electron chi connectivity index (χ1n) is 15.1. The van der Waals surface area contributed by atoms with Crippen molar-refractivity contribution >= 4 is 51.6 Å². The van der Waals surface area contributed by atoms with Crippen LogP contribution < -0.4 is 20.7 Å². The number of anilines is 3. The molecule has 236 valence electrons. The highest BCUT2D eigenvalue weighted by Gasteiger charge is 2.37. The van der Waals surface area contributed by atoms with E-state index in [1.807, 2.05) is 63.8 Å². The van der Waals surface area contributed by atoms with Gasteiger partial charge in [-0.05, 0) is 78.6 Å². The molecular weight excluding hydrogens is 582 g/mol. The van der Waals surface area contributed by atoms with Gasteiger partial charge in [0.1, 0.15) is 17.9 Å². The van der Waals surface area contributed by atoms with Crippen LogP contribution in [0.25, 0.3) is 10.8 Å². The van der Waals surface area contributed by atoms with E-state index in [1.54, 1.807) is 17.0 Å². The second-order valence-electron chi connectivity index (χ2n) is 12.8. The molecule has 3 aromatic rings. The number of carbonyl (C=O) groups is 2. The Bertz CT molecular complexity index is 1540. The Morgan fingerprint density at radius 3 is 2.50 bits per heavy atom. The second-order valence-corrected chi connectivity index (χ2v) is 13.2. The molecule has 0 spiro atoms. The first-order chi connectivity index (χ1) is 20.8. The molecule has 1 aromatic heterocycles. The predicted molar refractivity (Wildman–Crippen MR) is 174 cm³/mol. The summed E-state index contributed by atoms with van der Waals surface area (Å²) >= 11 is 6.52. The van der Waals surface area contributed by atoms with Gasteiger partial charge in [-0.1, -0.05) is 35.9 Å². The molecule has 0 bridgehead atoms. The number of amides is 2. The lowest BCUT2D eigenvalue weighted by molar-refractivity contribution is 0.0129. The number of piperazine rings is 1. The molecule has 12 heteroatoms. The average Bonchev–Trinajstić information content (AvgIpc) is 3.37. The molecule has 0 unspecified atom stereocenters. The fourth-order valence-corrected chi connectivity index (χ4v) is 6.12. The molecule has 11 nitrogen and oxygen atoms in total. The Labute approximate surface area is 263 Å². The van der Waals surface area contributed by atoms with Gasteiger partial charge in [0.05, 0.1) is 10.7 Å². The van der Waals surface area contributed by atoms with Gasteiger partial charge in [0.25, 0.3) is 5.91 Å². The number of halogens is 1. The number of likely N-dealkylation sites (N-methyl/N-ethyl adjacent to an activating group) is 1. The number of benzene rings is 2. The van der Waals surface area contributed by atoms with Crippen molar-refractivity contribution in [2.24, 2.45) is 0 Å². The maximum Gasteiger partial charge on any atom is 0.410 e. The van der Waals surface area contributed by atoms with Crippen LogP contribution in [0.15, 0.2) is 36.4 Å². The fraction of sp³-hybridized carbons (Fsp3) is 0.500. The number of aromatic nitrogens is 2. The molecule has 44 heavy (non-hydrogen) atoms. The van der Waals surface area contributed by atoms with Gasteiger partial charge in [-0.15, -0.1) is 0 Å². The van der Waals surface area contributed by atoms with E-state index < -0.39 is 11.5 Å². The number of rotatable bonds is 6. The van der Waals surface area contributed by atoms with Crippen molar-refractivity contribution < 1.29 is 19.1 Å². The number of likely N-dealkylation sites (tertiary alicyclic amines) is 1. The van der Waals surface area contributed by atoms with Crippen LogP contribution in [0.5, 0.6) is 6.01 Å². The molecule has 2 aliphatic heterocycles. The third-order valence-electron chi connectivity index (χ3n) is 8.18. The van der Waals surface area contributed by atoms with Crippen LogP contribution in [0.3, 0.4) is 0 Å². The van der Waals surface area contributed by atoms with Gasteiger partial charge < -0.3 is 35.2 Å². The predicted octanol–water partition coefficient (Wildman–Crippen LogP) is 5.42. The monoisotopic (exact) mass is 623 g/mol. The lowest BCUT2D eigenvalue weighted by Crippen LogP contribution is -2.59. The number of nitrogens with zero attached hydrogens (tertiary/aromatic N) is 5. The summed E-state index contributed by atoms with van der Waals surface area (Å²) in [6, 6.07) is 11.1. The number of nitrogen functional groups attached to an aromatic ring is 1. The maximum absolute atomic E-state index is 13.8. The summed E-state index contributed by atoms with van der Waals surface area (Å²) in [5.41, 5.74) is 6.75. The molecule has 2 aliphatic rings. The van der Waals surface area contributed by atoms with Gasteiger partial charge in [-0.3, -0.25) is 4.79 Å². The molecule has 3 atom stereocenters. The van der Waals surface area contributed by atoms with Crippen LogP contribution in [0.4, 0.5) is 22.0 Å². The summed E-state index contributed by atoms with van der Waals surface area (Å²) in [5.74, 6) is -0.117. The number of nitrogens with two attached hydrogens (primary N) is 1. The highest BCUT2D eigenvalue weighted by Crippen LogP contribution is 2.34. The lowest BCUT2D eigenvalue weighted by atomic mass is 10.1. The van der Waals surface area contributed by atoms with Gasteiger partial charge >= 0.3 is 12.1 Å². The van der Waals surface area contributed by atoms with Crippen molar-refractivity contribution in [3.05, 3.63) is 47.1 Å². The zero-order chi connectivity index (χ0) is 31.8. The second kappa shape index (κ2) is 12.6. The molecule has 5 rings (SSSR count). The summed E-state index contributed by atoms with van der Waals surface area (Å²) in [4.78, 5) is 42.0. The normalized spacial score (nSPS) is 21.0. The SMILES string of the molecule is C[C@H]1CN(c2nc(OC[C@@H]3CCCN3C)nc(C(=O)Nc3cccc4cccc(Cl)c34)c2N)[C@@H](C)CN1C(=O)OC(C)(C)C. The van der Waals surface area contributed by atoms with Crippen molar-refractivity contribution in [1.82, 2.24) is 19.8 Å². The summed E-state index contributed by atoms with van der Waals surface area (Å²) in [7, 11) is 2.07. The Kier molecular flexibility index (Phi) is 9.08. The summed E-state index contributed by atoms with van der Waals surface area (Å²) in [6.45, 7) is 11.7. The number of nitrogens with one attached hydrogen (secondary N) is 1. The molecule has 2 fully saturated rings. The summed E-state index contributed by atoms with van der Waals surface area (Å²) in [6.07, 6.45) is 1.73. The van der Waals surface area contributed by atoms with E-state index in [1.165, 1.54) is 0 Å². The van der Waals surface area contributed by atoms with Gasteiger partial charge in [-0.25, -0.2) is 4.79 Å². The third kappa shape index (κ3) is 6.78. The van der Waals surface area contributed by atoms with Crippen molar-refractivity contribution in [2.75, 3.05) is 49.2 Å². The van der Waals surface area contributed by atoms with Gasteiger partial charge in [0.2, 0.25) is 0 Å². The van der Waals surface area contributed by atoms with Crippen LogP contribution in [0.2, 0.25) is 5.02 Å². The van der Waals surface area contributed by atoms with Crippen LogP contribution >= 0.6 is 11.6 Å². The smallest absolute Gasteiger partial charge is 0.410 e. The minimum absolute atomic E-state index is 0.00302. The van der Waals surface area contributed by atoms with Crippen molar-refractivity contribution in [3.63, 3.8) is 0 Å². The lowest BCUT2D eigenvalue weighted by Gasteiger charge is -2.45. The van der Waals surface area contributed by atoms with E-state index in [2.05, 4.69) is 22.2 Å². The standard InChI is InChI=1S/C32H42ClN7O4/c1-19-17-40(31(42)44-32(3,4)5)20(2)16-39(19)28-26(34)27(36-30(37-28)43-18-22-12-9-15-38(22)6)29(41)35-24-14-8-11-21-10-7-13-23(33)25(21)24/h7-8,10-11,13-14,19-20,22H,9,12,15-18,34H2,1-6H3,(H,35,41)/t19-,20-,22-/m0/s1. The molecule has 2 saturated heterocycles. The topological polar surface area (TPSA) is 126 Å². The number of ether oxygens (including phenoxy) is 2. The number of fused-ring (bicyclic) bond motifs is 1. The third-order valence-corrected chi connectivity index (χ3v) is 8.50. The van der Waals surface area contributed by atoms with E-state index in [0.717, 1.165) is 30.2 Å². The minimum Gasteiger partial charge on any atom is -0.462 e. The van der Waals surface area contributed by atoms with E-state index in [0.29, 0.717) is 36.2 Å². The van der Waals surface area contributed by atoms with Crippen LogP contribution in [0.1, 0.15) is 57.9 Å². The Balaban J connectivity index is 1.47. The van der Waals surface area contributed by atoms with Gasteiger partial charge in [0.15, 0.2) is 11.5 Å². The zero-order valence-corrected chi connectivity index (χ0v) is 27.0. The molecular formula is C32H42ClN7O4. The minimum atomic E-state index is -0.607. The van der Waals surface area contributed by atoms with Gasteiger partial charge in [0, 0.05) is 36.6 Å². The zero-order valence-electron chi connectivity index (χ0n) is 26.3. The summed E-state index contributed by atoms with van der Waals surface area (Å²) < 4.78 is 11.8. The van der Waals surface area contributed by atoms with Crippen molar-refractivity contribution in [2.45, 2.75) is 71.2 Å². The number of hydrogen-bond acceptors (Lipinski definition) is 9.